The number of hydrogen-bond acceptors (Lipinski definition) is 3. The summed E-state index contributed by atoms with van der Waals surface area (Å²) >= 11 is 6.27. The molecule has 0 radical (unpaired) electrons. The van der Waals surface area contributed by atoms with Gasteiger partial charge in [-0.1, -0.05) is 11.6 Å². The Bertz CT molecular complexity index is 714. The predicted octanol–water partition coefficient (Wildman–Crippen LogP) is 2.58. The van der Waals surface area contributed by atoms with E-state index in [1.165, 1.54) is 0 Å². The number of carbonyl (C=O) groups is 1. The highest BCUT2D eigenvalue weighted by Crippen LogP contribution is 2.26. The number of rotatable bonds is 4. The van der Waals surface area contributed by atoms with Crippen LogP contribution in [0, 0.1) is 0 Å². The summed E-state index contributed by atoms with van der Waals surface area (Å²) in [6.07, 6.45) is 1.94. The van der Waals surface area contributed by atoms with Crippen LogP contribution in [0.15, 0.2) is 29.7 Å². The highest BCUT2D eigenvalue weighted by Gasteiger charge is 2.15. The van der Waals surface area contributed by atoms with Gasteiger partial charge in [-0.25, -0.2) is 0 Å². The second-order valence-electron chi connectivity index (χ2n) is 5.06. The van der Waals surface area contributed by atoms with Crippen LogP contribution < -0.4 is 11.1 Å². The molecule has 21 heavy (non-hydrogen) atoms. The highest BCUT2D eigenvalue weighted by atomic mass is 35.5. The topological polar surface area (TPSA) is 72.9 Å². The summed E-state index contributed by atoms with van der Waals surface area (Å²) in [7, 11) is 0. The summed E-state index contributed by atoms with van der Waals surface area (Å²) in [6.45, 7) is 6.40. The molecule has 1 aromatic carbocycles. The average Bonchev–Trinajstić information content (AvgIpc) is 2.85. The lowest BCUT2D eigenvalue weighted by Crippen LogP contribution is -2.29. The normalized spacial score (nSPS) is 10.7. The zero-order valence-electron chi connectivity index (χ0n) is 12.4. The standard InChI is InChI=1S/C15H19ClN4O/c1-4-20-14-10(8-18-20)5-6-12(16)11(14)7-13(21)19-15(17)9(2)3/h5-6,8H,4,7,17H2,1-3H3,(H,19,21). The van der Waals surface area contributed by atoms with Crippen LogP contribution in [0.4, 0.5) is 0 Å². The van der Waals surface area contributed by atoms with Gasteiger partial charge in [-0.15, -0.1) is 0 Å². The maximum atomic E-state index is 12.1. The maximum absolute atomic E-state index is 12.1. The molecule has 112 valence electrons. The van der Waals surface area contributed by atoms with Crippen molar-refractivity contribution in [2.24, 2.45) is 5.73 Å². The Hall–Kier alpha value is -2.01. The van der Waals surface area contributed by atoms with Gasteiger partial charge in [-0.2, -0.15) is 5.10 Å². The van der Waals surface area contributed by atoms with Gasteiger partial charge in [0, 0.05) is 22.5 Å². The molecule has 0 saturated heterocycles. The van der Waals surface area contributed by atoms with Gasteiger partial charge >= 0.3 is 0 Å². The molecule has 0 atom stereocenters. The number of benzene rings is 1. The number of hydrogen-bond donors (Lipinski definition) is 2. The van der Waals surface area contributed by atoms with Gasteiger partial charge in [-0.05, 0) is 38.5 Å². The number of nitrogens with two attached hydrogens (primary N) is 1. The largest absolute Gasteiger partial charge is 0.385 e. The second-order valence-corrected chi connectivity index (χ2v) is 5.47. The number of nitrogens with one attached hydrogen (secondary N) is 1. The Morgan fingerprint density at radius 2 is 2.14 bits per heavy atom. The first-order valence-corrected chi connectivity index (χ1v) is 7.17. The van der Waals surface area contributed by atoms with Crippen LogP contribution in [0.25, 0.3) is 10.9 Å². The fourth-order valence-electron chi connectivity index (χ4n) is 2.12. The molecular weight excluding hydrogens is 288 g/mol. The number of amides is 1. The molecule has 1 aromatic heterocycles. The minimum atomic E-state index is -0.188. The Labute approximate surface area is 128 Å². The SMILES string of the molecule is CCn1ncc2ccc(Cl)c(CC(=O)NC(N)=C(C)C)c21. The Kier molecular flexibility index (Phi) is 4.53. The van der Waals surface area contributed by atoms with E-state index in [0.29, 0.717) is 17.4 Å². The number of fused-ring (bicyclic) bond motifs is 1. The fourth-order valence-corrected chi connectivity index (χ4v) is 2.34. The van der Waals surface area contributed by atoms with E-state index in [1.54, 1.807) is 12.3 Å². The molecule has 0 fully saturated rings. The Morgan fingerprint density at radius 3 is 2.76 bits per heavy atom. The van der Waals surface area contributed by atoms with Crippen molar-refractivity contribution in [3.63, 3.8) is 0 Å². The summed E-state index contributed by atoms with van der Waals surface area (Å²) < 4.78 is 1.84. The smallest absolute Gasteiger partial charge is 0.230 e. The first kappa shape index (κ1) is 15.4. The lowest BCUT2D eigenvalue weighted by molar-refractivity contribution is -0.119. The second kappa shape index (κ2) is 6.18. The highest BCUT2D eigenvalue weighted by molar-refractivity contribution is 6.32. The molecule has 0 bridgehead atoms. The third-order valence-electron chi connectivity index (χ3n) is 3.30. The van der Waals surface area contributed by atoms with Crippen LogP contribution in [0.5, 0.6) is 0 Å². The molecule has 2 rings (SSSR count). The molecule has 6 heteroatoms. The third kappa shape index (κ3) is 3.19. The zero-order valence-corrected chi connectivity index (χ0v) is 13.2. The summed E-state index contributed by atoms with van der Waals surface area (Å²) in [5.41, 5.74) is 8.29. The predicted molar refractivity (Wildman–Crippen MR) is 84.8 cm³/mol. The van der Waals surface area contributed by atoms with Crippen LogP contribution in [-0.2, 0) is 17.8 Å². The van der Waals surface area contributed by atoms with Crippen LogP contribution in [0.1, 0.15) is 26.3 Å². The van der Waals surface area contributed by atoms with Gasteiger partial charge in [-0.3, -0.25) is 9.48 Å². The van der Waals surface area contributed by atoms with Crippen LogP contribution >= 0.6 is 11.6 Å². The van der Waals surface area contributed by atoms with Gasteiger partial charge in [0.05, 0.1) is 18.1 Å². The van der Waals surface area contributed by atoms with E-state index >= 15 is 0 Å². The molecule has 3 N–H and O–H groups in total. The van der Waals surface area contributed by atoms with Gasteiger partial charge in [0.25, 0.3) is 0 Å². The van der Waals surface area contributed by atoms with E-state index in [4.69, 9.17) is 17.3 Å². The molecule has 0 aliphatic carbocycles. The van der Waals surface area contributed by atoms with Crippen molar-refractivity contribution >= 4 is 28.4 Å². The van der Waals surface area contributed by atoms with Crippen molar-refractivity contribution in [1.29, 1.82) is 0 Å². The van der Waals surface area contributed by atoms with Crippen molar-refractivity contribution < 1.29 is 4.79 Å². The summed E-state index contributed by atoms with van der Waals surface area (Å²) in [4.78, 5) is 12.1. The molecule has 0 aliphatic heterocycles. The first-order chi connectivity index (χ1) is 9.93. The van der Waals surface area contributed by atoms with Gasteiger partial charge in [0.15, 0.2) is 0 Å². The van der Waals surface area contributed by atoms with Gasteiger partial charge in [0.2, 0.25) is 5.91 Å². The van der Waals surface area contributed by atoms with Gasteiger partial charge in [0.1, 0.15) is 5.82 Å². The van der Waals surface area contributed by atoms with E-state index in [-0.39, 0.29) is 12.3 Å². The minimum Gasteiger partial charge on any atom is -0.385 e. The number of nitrogens with zero attached hydrogens (tertiary/aromatic N) is 2. The first-order valence-electron chi connectivity index (χ1n) is 6.79. The van der Waals surface area contributed by atoms with E-state index in [2.05, 4.69) is 10.4 Å². The minimum absolute atomic E-state index is 0.163. The quantitative estimate of drug-likeness (QED) is 0.912. The third-order valence-corrected chi connectivity index (χ3v) is 3.65. The number of aromatic nitrogens is 2. The zero-order chi connectivity index (χ0) is 15.6. The molecule has 0 spiro atoms. The van der Waals surface area contributed by atoms with Crippen LogP contribution in [0.3, 0.4) is 0 Å². The summed E-state index contributed by atoms with van der Waals surface area (Å²) in [6, 6.07) is 3.70. The number of allylic oxidation sites excluding steroid dienone is 1. The number of halogens is 1. The molecule has 0 unspecified atom stereocenters. The van der Waals surface area contributed by atoms with Crippen molar-refractivity contribution in [3.05, 3.63) is 40.3 Å². The van der Waals surface area contributed by atoms with Crippen LogP contribution in [0.2, 0.25) is 5.02 Å². The van der Waals surface area contributed by atoms with Gasteiger partial charge < -0.3 is 11.1 Å². The van der Waals surface area contributed by atoms with Crippen molar-refractivity contribution in [1.82, 2.24) is 15.1 Å². The lowest BCUT2D eigenvalue weighted by Gasteiger charge is -2.10. The van der Waals surface area contributed by atoms with E-state index < -0.39 is 0 Å². The molecule has 1 heterocycles. The van der Waals surface area contributed by atoms with E-state index in [9.17, 15) is 4.79 Å². The molecule has 2 aromatic rings. The molecule has 1 amide bonds. The maximum Gasteiger partial charge on any atom is 0.230 e. The van der Waals surface area contributed by atoms with E-state index in [0.717, 1.165) is 22.0 Å². The molecule has 0 saturated carbocycles. The average molecular weight is 307 g/mol. The van der Waals surface area contributed by atoms with Crippen LogP contribution in [-0.4, -0.2) is 15.7 Å². The molecular formula is C15H19ClN4O. The molecule has 5 nitrogen and oxygen atoms in total. The summed E-state index contributed by atoms with van der Waals surface area (Å²) in [5.74, 6) is 0.194. The lowest BCUT2D eigenvalue weighted by atomic mass is 10.1. The van der Waals surface area contributed by atoms with Crippen molar-refractivity contribution in [2.75, 3.05) is 0 Å². The Balaban J connectivity index is 2.37. The van der Waals surface area contributed by atoms with Crippen molar-refractivity contribution in [2.45, 2.75) is 33.7 Å². The van der Waals surface area contributed by atoms with Crippen molar-refractivity contribution in [3.8, 4) is 0 Å². The number of aryl methyl sites for hydroxylation is 1. The Morgan fingerprint density at radius 1 is 1.43 bits per heavy atom. The summed E-state index contributed by atoms with van der Waals surface area (Å²) in [5, 5.41) is 8.51. The number of carbonyl (C=O) groups excluding carboxylic acids is 1. The molecule has 0 aliphatic rings. The fraction of sp³-hybridized carbons (Fsp3) is 0.333. The monoisotopic (exact) mass is 306 g/mol. The van der Waals surface area contributed by atoms with E-state index in [1.807, 2.05) is 31.5 Å².